The van der Waals surface area contributed by atoms with E-state index in [1.807, 2.05) is 12.1 Å². The van der Waals surface area contributed by atoms with E-state index in [4.69, 9.17) is 5.73 Å². The van der Waals surface area contributed by atoms with Crippen molar-refractivity contribution in [3.8, 4) is 0 Å². The second kappa shape index (κ2) is 3.76. The zero-order valence-electron chi connectivity index (χ0n) is 10.5. The number of aromatic nitrogens is 2. The summed E-state index contributed by atoms with van der Waals surface area (Å²) in [5.41, 5.74) is 8.86. The van der Waals surface area contributed by atoms with Gasteiger partial charge in [-0.25, -0.2) is 4.98 Å². The summed E-state index contributed by atoms with van der Waals surface area (Å²) in [6, 6.07) is 6.71. The Hall–Kier alpha value is -1.51. The van der Waals surface area contributed by atoms with E-state index in [1.165, 1.54) is 24.8 Å². The molecule has 3 nitrogen and oxygen atoms in total. The fourth-order valence-corrected chi connectivity index (χ4v) is 2.88. The van der Waals surface area contributed by atoms with Crippen molar-refractivity contribution in [2.24, 2.45) is 5.92 Å². The second-order valence-corrected chi connectivity index (χ2v) is 5.13. The molecule has 3 rings (SSSR count). The first-order chi connectivity index (χ1) is 8.20. The summed E-state index contributed by atoms with van der Waals surface area (Å²) in [6.07, 6.45) is 3.92. The zero-order valence-corrected chi connectivity index (χ0v) is 10.5. The Balaban J connectivity index is 2.02. The lowest BCUT2D eigenvalue weighted by molar-refractivity contribution is 0.607. The molecule has 1 aliphatic carbocycles. The number of aryl methyl sites for hydroxylation is 1. The number of nitrogen functional groups attached to an aromatic ring is 1. The molecule has 1 aliphatic rings. The number of hydrogen-bond donors (Lipinski definition) is 1. The normalized spacial score (nSPS) is 23.2. The molecule has 2 N–H and O–H groups in total. The minimum atomic E-state index is 0.670. The minimum absolute atomic E-state index is 0.670. The third-order valence-electron chi connectivity index (χ3n) is 3.77. The lowest BCUT2D eigenvalue weighted by Gasteiger charge is -2.06. The molecule has 2 aromatic rings. The number of nitrogens with zero attached hydrogens (tertiary/aromatic N) is 2. The molecule has 2 unspecified atom stereocenters. The molecule has 1 aromatic heterocycles. The van der Waals surface area contributed by atoms with Gasteiger partial charge < -0.3 is 10.3 Å². The fourth-order valence-electron chi connectivity index (χ4n) is 2.88. The fraction of sp³-hybridized carbons (Fsp3) is 0.500. The third-order valence-corrected chi connectivity index (χ3v) is 3.77. The monoisotopic (exact) mass is 229 g/mol. The largest absolute Gasteiger partial charge is 0.399 e. The predicted molar refractivity (Wildman–Crippen MR) is 70.9 cm³/mol. The minimum Gasteiger partial charge on any atom is -0.399 e. The third kappa shape index (κ3) is 1.70. The maximum atomic E-state index is 5.80. The Labute approximate surface area is 102 Å². The van der Waals surface area contributed by atoms with E-state index in [-0.39, 0.29) is 0 Å². The topological polar surface area (TPSA) is 43.8 Å². The van der Waals surface area contributed by atoms with Crippen LogP contribution in [0.15, 0.2) is 18.2 Å². The number of hydrogen-bond acceptors (Lipinski definition) is 2. The number of benzene rings is 1. The first-order valence-electron chi connectivity index (χ1n) is 6.44. The number of imidazole rings is 1. The summed E-state index contributed by atoms with van der Waals surface area (Å²) in [5.74, 6) is 1.97. The first-order valence-corrected chi connectivity index (χ1v) is 6.44. The van der Waals surface area contributed by atoms with Crippen molar-refractivity contribution in [1.29, 1.82) is 0 Å². The molecule has 0 radical (unpaired) electrons. The molecule has 1 fully saturated rings. The van der Waals surface area contributed by atoms with Crippen LogP contribution in [0.4, 0.5) is 5.69 Å². The summed E-state index contributed by atoms with van der Waals surface area (Å²) in [6.45, 7) is 4.35. The molecule has 90 valence electrons. The van der Waals surface area contributed by atoms with Crippen molar-refractivity contribution in [2.45, 2.75) is 39.2 Å². The SMILES string of the molecule is CCCC1CC1n1c(C)nc2cc(N)ccc21. The Bertz CT molecular complexity index is 556. The van der Waals surface area contributed by atoms with Crippen molar-refractivity contribution in [3.05, 3.63) is 24.0 Å². The molecule has 0 saturated heterocycles. The summed E-state index contributed by atoms with van der Waals surface area (Å²) in [7, 11) is 0. The van der Waals surface area contributed by atoms with Crippen LogP contribution in [0.3, 0.4) is 0 Å². The van der Waals surface area contributed by atoms with Crippen LogP contribution in [-0.4, -0.2) is 9.55 Å². The van der Waals surface area contributed by atoms with E-state index in [0.717, 1.165) is 22.9 Å². The molecular formula is C14H19N3. The van der Waals surface area contributed by atoms with Crippen molar-refractivity contribution in [1.82, 2.24) is 9.55 Å². The van der Waals surface area contributed by atoms with Crippen LogP contribution >= 0.6 is 0 Å². The lowest BCUT2D eigenvalue weighted by Crippen LogP contribution is -1.99. The van der Waals surface area contributed by atoms with Gasteiger partial charge in [-0.2, -0.15) is 0 Å². The van der Waals surface area contributed by atoms with E-state index in [2.05, 4.69) is 29.5 Å². The predicted octanol–water partition coefficient (Wildman–Crippen LogP) is 3.29. The van der Waals surface area contributed by atoms with Crippen LogP contribution in [0.25, 0.3) is 11.0 Å². The van der Waals surface area contributed by atoms with E-state index in [0.29, 0.717) is 6.04 Å². The first kappa shape index (κ1) is 10.6. The second-order valence-electron chi connectivity index (χ2n) is 5.13. The van der Waals surface area contributed by atoms with Crippen molar-refractivity contribution < 1.29 is 0 Å². The Morgan fingerprint density at radius 1 is 1.47 bits per heavy atom. The van der Waals surface area contributed by atoms with Crippen LogP contribution < -0.4 is 5.73 Å². The van der Waals surface area contributed by atoms with Crippen LogP contribution in [0.5, 0.6) is 0 Å². The number of fused-ring (bicyclic) bond motifs is 1. The highest BCUT2D eigenvalue weighted by Crippen LogP contribution is 2.48. The standard InChI is InChI=1S/C14H19N3/c1-3-4-10-7-14(10)17-9(2)16-12-8-11(15)5-6-13(12)17/h5-6,8,10,14H,3-4,7,15H2,1-2H3. The van der Waals surface area contributed by atoms with Gasteiger partial charge in [0.1, 0.15) is 5.82 Å². The summed E-state index contributed by atoms with van der Waals surface area (Å²) in [5, 5.41) is 0. The van der Waals surface area contributed by atoms with Gasteiger partial charge in [-0.1, -0.05) is 13.3 Å². The smallest absolute Gasteiger partial charge is 0.106 e. The maximum Gasteiger partial charge on any atom is 0.106 e. The highest BCUT2D eigenvalue weighted by molar-refractivity contribution is 5.80. The van der Waals surface area contributed by atoms with Gasteiger partial charge in [0.15, 0.2) is 0 Å². The molecule has 0 amide bonds. The highest BCUT2D eigenvalue weighted by Gasteiger charge is 2.39. The van der Waals surface area contributed by atoms with Crippen LogP contribution in [-0.2, 0) is 0 Å². The molecule has 0 spiro atoms. The van der Waals surface area contributed by atoms with Crippen LogP contribution in [0, 0.1) is 12.8 Å². The van der Waals surface area contributed by atoms with Gasteiger partial charge in [0.25, 0.3) is 0 Å². The van der Waals surface area contributed by atoms with Gasteiger partial charge in [0.2, 0.25) is 0 Å². The van der Waals surface area contributed by atoms with Gasteiger partial charge in [-0.15, -0.1) is 0 Å². The van der Waals surface area contributed by atoms with Crippen molar-refractivity contribution >= 4 is 16.7 Å². The molecule has 0 aliphatic heterocycles. The van der Waals surface area contributed by atoms with E-state index in [1.54, 1.807) is 0 Å². The molecule has 1 saturated carbocycles. The summed E-state index contributed by atoms with van der Waals surface area (Å²) < 4.78 is 2.40. The molecule has 0 bridgehead atoms. The molecule has 1 heterocycles. The summed E-state index contributed by atoms with van der Waals surface area (Å²) >= 11 is 0. The zero-order chi connectivity index (χ0) is 12.0. The Kier molecular flexibility index (Phi) is 2.35. The molecule has 17 heavy (non-hydrogen) atoms. The van der Waals surface area contributed by atoms with Gasteiger partial charge in [0, 0.05) is 11.7 Å². The summed E-state index contributed by atoms with van der Waals surface area (Å²) in [4.78, 5) is 4.61. The quantitative estimate of drug-likeness (QED) is 0.821. The van der Waals surface area contributed by atoms with Gasteiger partial charge in [-0.3, -0.25) is 0 Å². The van der Waals surface area contributed by atoms with Gasteiger partial charge in [0.05, 0.1) is 11.0 Å². The molecular weight excluding hydrogens is 210 g/mol. The number of rotatable bonds is 3. The van der Waals surface area contributed by atoms with E-state index >= 15 is 0 Å². The van der Waals surface area contributed by atoms with Crippen molar-refractivity contribution in [2.75, 3.05) is 5.73 Å². The lowest BCUT2D eigenvalue weighted by atomic mass is 10.2. The average Bonchev–Trinajstić information content (AvgIpc) is 2.94. The van der Waals surface area contributed by atoms with E-state index in [9.17, 15) is 0 Å². The average molecular weight is 229 g/mol. The molecule has 3 heteroatoms. The molecule has 2 atom stereocenters. The van der Waals surface area contributed by atoms with Crippen LogP contribution in [0.2, 0.25) is 0 Å². The molecule has 1 aromatic carbocycles. The Morgan fingerprint density at radius 3 is 3.06 bits per heavy atom. The van der Waals surface area contributed by atoms with Gasteiger partial charge in [-0.05, 0) is 43.9 Å². The maximum absolute atomic E-state index is 5.80. The van der Waals surface area contributed by atoms with E-state index < -0.39 is 0 Å². The Morgan fingerprint density at radius 2 is 2.29 bits per heavy atom. The number of nitrogens with two attached hydrogens (primary N) is 1. The van der Waals surface area contributed by atoms with Crippen LogP contribution in [0.1, 0.15) is 38.1 Å². The van der Waals surface area contributed by atoms with Gasteiger partial charge >= 0.3 is 0 Å². The number of anilines is 1. The van der Waals surface area contributed by atoms with Crippen molar-refractivity contribution in [3.63, 3.8) is 0 Å². The highest BCUT2D eigenvalue weighted by atomic mass is 15.1.